The van der Waals surface area contributed by atoms with Gasteiger partial charge in [-0.2, -0.15) is 0 Å². The summed E-state index contributed by atoms with van der Waals surface area (Å²) in [6.07, 6.45) is -0.00887. The van der Waals surface area contributed by atoms with Gasteiger partial charge in [0, 0.05) is 5.88 Å². The van der Waals surface area contributed by atoms with Crippen LogP contribution in [0.15, 0.2) is 0 Å². The van der Waals surface area contributed by atoms with Crippen molar-refractivity contribution >= 4 is 11.6 Å². The Kier molecular flexibility index (Phi) is 5.49. The Labute approximate surface area is 54.4 Å². The van der Waals surface area contributed by atoms with Gasteiger partial charge in [0.05, 0.1) is 6.61 Å². The predicted molar refractivity (Wildman–Crippen MR) is 33.0 cm³/mol. The van der Waals surface area contributed by atoms with Gasteiger partial charge in [-0.1, -0.05) is 6.92 Å². The van der Waals surface area contributed by atoms with Crippen LogP contribution in [0.3, 0.4) is 0 Å². The normalized spacial score (nSPS) is 13.9. The molecular weight excluding hydrogens is 128 g/mol. The Bertz CT molecular complexity index is 49.7. The lowest BCUT2D eigenvalue weighted by molar-refractivity contribution is -0.0946. The van der Waals surface area contributed by atoms with E-state index < -0.39 is 6.29 Å². The second kappa shape index (κ2) is 5.35. The summed E-state index contributed by atoms with van der Waals surface area (Å²) >= 11 is 5.27. The quantitative estimate of drug-likeness (QED) is 0.464. The molecular formula is C5H11ClO2. The molecule has 1 atom stereocenters. The number of hydrogen-bond donors (Lipinski definition) is 1. The molecule has 0 heterocycles. The molecule has 0 aliphatic rings. The maximum Gasteiger partial charge on any atom is 0.154 e. The molecule has 0 aliphatic carbocycles. The summed E-state index contributed by atoms with van der Waals surface area (Å²) in [4.78, 5) is 0. The van der Waals surface area contributed by atoms with Gasteiger partial charge in [-0.25, -0.2) is 0 Å². The second-order valence-corrected chi connectivity index (χ2v) is 1.80. The fourth-order valence-electron chi connectivity index (χ4n) is 0.298. The first-order chi connectivity index (χ1) is 3.81. The molecule has 1 N–H and O–H groups in total. The lowest BCUT2D eigenvalue weighted by atomic mass is 10.5. The summed E-state index contributed by atoms with van der Waals surface area (Å²) in [5.74, 6) is 0.442. The SMILES string of the molecule is CCC(O)OCCCl. The first-order valence-corrected chi connectivity index (χ1v) is 3.20. The van der Waals surface area contributed by atoms with Crippen molar-refractivity contribution in [3.05, 3.63) is 0 Å². The molecule has 0 saturated carbocycles. The van der Waals surface area contributed by atoms with Gasteiger partial charge in [-0.05, 0) is 6.42 Å². The molecule has 2 nitrogen and oxygen atoms in total. The van der Waals surface area contributed by atoms with Crippen molar-refractivity contribution in [3.63, 3.8) is 0 Å². The van der Waals surface area contributed by atoms with E-state index in [-0.39, 0.29) is 0 Å². The zero-order valence-electron chi connectivity index (χ0n) is 4.93. The highest BCUT2D eigenvalue weighted by atomic mass is 35.5. The van der Waals surface area contributed by atoms with Gasteiger partial charge >= 0.3 is 0 Å². The van der Waals surface area contributed by atoms with Gasteiger partial charge in [0.15, 0.2) is 6.29 Å². The molecule has 0 fully saturated rings. The number of ether oxygens (including phenoxy) is 1. The van der Waals surface area contributed by atoms with E-state index in [1.54, 1.807) is 0 Å². The number of aliphatic hydroxyl groups is 1. The minimum absolute atomic E-state index is 0.427. The van der Waals surface area contributed by atoms with Crippen molar-refractivity contribution in [3.8, 4) is 0 Å². The zero-order valence-corrected chi connectivity index (χ0v) is 5.69. The summed E-state index contributed by atoms with van der Waals surface area (Å²) in [6.45, 7) is 2.27. The Hall–Kier alpha value is 0.210. The van der Waals surface area contributed by atoms with Gasteiger partial charge in [-0.3, -0.25) is 0 Å². The molecule has 0 rings (SSSR count). The Morgan fingerprint density at radius 1 is 1.75 bits per heavy atom. The van der Waals surface area contributed by atoms with Crippen LogP contribution in [0.4, 0.5) is 0 Å². The predicted octanol–water partition coefficient (Wildman–Crippen LogP) is 0.970. The van der Waals surface area contributed by atoms with Crippen molar-refractivity contribution in [1.29, 1.82) is 0 Å². The highest BCUT2D eigenvalue weighted by molar-refractivity contribution is 6.17. The summed E-state index contributed by atoms with van der Waals surface area (Å²) in [5, 5.41) is 8.71. The third kappa shape index (κ3) is 4.37. The molecule has 0 aromatic heterocycles. The maximum atomic E-state index is 8.71. The minimum atomic E-state index is -0.631. The molecule has 0 radical (unpaired) electrons. The summed E-state index contributed by atoms with van der Waals surface area (Å²) < 4.78 is 4.76. The van der Waals surface area contributed by atoms with Crippen LogP contribution in [0.1, 0.15) is 13.3 Å². The van der Waals surface area contributed by atoms with E-state index in [1.807, 2.05) is 6.92 Å². The van der Waals surface area contributed by atoms with Crippen LogP contribution in [0.2, 0.25) is 0 Å². The molecule has 0 aliphatic heterocycles. The highest BCUT2D eigenvalue weighted by Gasteiger charge is 1.96. The van der Waals surface area contributed by atoms with E-state index in [4.69, 9.17) is 21.4 Å². The van der Waals surface area contributed by atoms with Crippen molar-refractivity contribution in [2.45, 2.75) is 19.6 Å². The fourth-order valence-corrected chi connectivity index (χ4v) is 0.388. The average molecular weight is 139 g/mol. The Morgan fingerprint density at radius 3 is 2.75 bits per heavy atom. The Morgan fingerprint density at radius 2 is 2.38 bits per heavy atom. The molecule has 0 aromatic rings. The highest BCUT2D eigenvalue weighted by Crippen LogP contribution is 1.91. The van der Waals surface area contributed by atoms with E-state index in [0.29, 0.717) is 18.9 Å². The lowest BCUT2D eigenvalue weighted by Crippen LogP contribution is -2.11. The van der Waals surface area contributed by atoms with Crippen molar-refractivity contribution < 1.29 is 9.84 Å². The number of rotatable bonds is 4. The van der Waals surface area contributed by atoms with Gasteiger partial charge in [0.1, 0.15) is 0 Å². The standard InChI is InChI=1S/C5H11ClO2/c1-2-5(7)8-4-3-6/h5,7H,2-4H2,1H3. The van der Waals surface area contributed by atoms with E-state index in [2.05, 4.69) is 0 Å². The number of hydrogen-bond acceptors (Lipinski definition) is 2. The Balaban J connectivity index is 2.86. The zero-order chi connectivity index (χ0) is 6.41. The van der Waals surface area contributed by atoms with Gasteiger partial charge < -0.3 is 9.84 Å². The summed E-state index contributed by atoms with van der Waals surface area (Å²) in [7, 11) is 0. The van der Waals surface area contributed by atoms with E-state index >= 15 is 0 Å². The molecule has 1 unspecified atom stereocenters. The molecule has 50 valence electrons. The van der Waals surface area contributed by atoms with Crippen LogP contribution in [-0.4, -0.2) is 23.9 Å². The van der Waals surface area contributed by atoms with Crippen molar-refractivity contribution in [2.75, 3.05) is 12.5 Å². The summed E-state index contributed by atoms with van der Waals surface area (Å²) in [5.41, 5.74) is 0. The number of halogens is 1. The molecule has 8 heavy (non-hydrogen) atoms. The first kappa shape index (κ1) is 8.21. The topological polar surface area (TPSA) is 29.5 Å². The van der Waals surface area contributed by atoms with Gasteiger partial charge in [0.2, 0.25) is 0 Å². The molecule has 0 spiro atoms. The third-order valence-electron chi connectivity index (χ3n) is 0.737. The maximum absolute atomic E-state index is 8.71. The van der Waals surface area contributed by atoms with Gasteiger partial charge in [-0.15, -0.1) is 11.6 Å². The van der Waals surface area contributed by atoms with E-state index in [9.17, 15) is 0 Å². The van der Waals surface area contributed by atoms with Crippen LogP contribution in [-0.2, 0) is 4.74 Å². The van der Waals surface area contributed by atoms with E-state index in [0.717, 1.165) is 0 Å². The van der Waals surface area contributed by atoms with E-state index in [1.165, 1.54) is 0 Å². The van der Waals surface area contributed by atoms with Crippen LogP contribution >= 0.6 is 11.6 Å². The number of alkyl halides is 1. The van der Waals surface area contributed by atoms with Crippen LogP contribution in [0, 0.1) is 0 Å². The molecule has 0 amide bonds. The monoisotopic (exact) mass is 138 g/mol. The lowest BCUT2D eigenvalue weighted by Gasteiger charge is -2.05. The third-order valence-corrected chi connectivity index (χ3v) is 0.891. The largest absolute Gasteiger partial charge is 0.368 e. The summed E-state index contributed by atoms with van der Waals surface area (Å²) in [6, 6.07) is 0. The van der Waals surface area contributed by atoms with Crippen LogP contribution in [0.5, 0.6) is 0 Å². The molecule has 3 heteroatoms. The van der Waals surface area contributed by atoms with Crippen LogP contribution < -0.4 is 0 Å². The van der Waals surface area contributed by atoms with Crippen molar-refractivity contribution in [2.24, 2.45) is 0 Å². The second-order valence-electron chi connectivity index (χ2n) is 1.42. The molecule has 0 saturated heterocycles. The minimum Gasteiger partial charge on any atom is -0.368 e. The average Bonchev–Trinajstić information content (AvgIpc) is 1.83. The number of aliphatic hydroxyl groups excluding tert-OH is 1. The molecule has 0 bridgehead atoms. The first-order valence-electron chi connectivity index (χ1n) is 2.67. The van der Waals surface area contributed by atoms with Gasteiger partial charge in [0.25, 0.3) is 0 Å². The molecule has 0 aromatic carbocycles. The fraction of sp³-hybridized carbons (Fsp3) is 1.00. The van der Waals surface area contributed by atoms with Crippen LogP contribution in [0.25, 0.3) is 0 Å². The smallest absolute Gasteiger partial charge is 0.154 e. The van der Waals surface area contributed by atoms with Crippen molar-refractivity contribution in [1.82, 2.24) is 0 Å².